The number of carbonyl (C=O) groups excluding carboxylic acids is 2. The van der Waals surface area contributed by atoms with E-state index in [2.05, 4.69) is 40.4 Å². The van der Waals surface area contributed by atoms with Gasteiger partial charge < -0.3 is 9.53 Å². The average molecular weight is 547 g/mol. The highest BCUT2D eigenvalue weighted by Gasteiger charge is 2.34. The topological polar surface area (TPSA) is 111 Å². The molecule has 1 aromatic rings. The van der Waals surface area contributed by atoms with Crippen molar-refractivity contribution in [2.75, 3.05) is 39.1 Å². The molecular formula is C28H38N2O7S. The van der Waals surface area contributed by atoms with Gasteiger partial charge in [0.25, 0.3) is 16.0 Å². The number of nitrogens with one attached hydrogen (secondary N) is 1. The zero-order valence-corrected chi connectivity index (χ0v) is 23.1. The van der Waals surface area contributed by atoms with Gasteiger partial charge in [0.15, 0.2) is 6.29 Å². The monoisotopic (exact) mass is 546 g/mol. The van der Waals surface area contributed by atoms with Crippen molar-refractivity contribution in [3.63, 3.8) is 0 Å². The van der Waals surface area contributed by atoms with Crippen molar-refractivity contribution in [1.29, 1.82) is 0 Å². The van der Waals surface area contributed by atoms with Crippen LogP contribution in [0.2, 0.25) is 0 Å². The molecule has 0 aromatic heterocycles. The van der Waals surface area contributed by atoms with E-state index in [4.69, 9.17) is 13.8 Å². The fraction of sp³-hybridized carbons (Fsp3) is 0.571. The van der Waals surface area contributed by atoms with Gasteiger partial charge in [-0.1, -0.05) is 30.0 Å². The molecular weight excluding hydrogens is 508 g/mol. The summed E-state index contributed by atoms with van der Waals surface area (Å²) in [5.41, 5.74) is 4.57. The molecule has 9 nitrogen and oxygen atoms in total. The summed E-state index contributed by atoms with van der Waals surface area (Å²) in [6.45, 7) is 4.60. The van der Waals surface area contributed by atoms with Gasteiger partial charge in [-0.25, -0.2) is 10.3 Å². The first-order chi connectivity index (χ1) is 18.2. The zero-order chi connectivity index (χ0) is 27.4. The molecule has 0 saturated carbocycles. The van der Waals surface area contributed by atoms with Crippen LogP contribution in [-0.4, -0.2) is 70.9 Å². The highest BCUT2D eigenvalue weighted by molar-refractivity contribution is 7.85. The van der Waals surface area contributed by atoms with Crippen LogP contribution < -0.4 is 5.48 Å². The minimum Gasteiger partial charge on any atom is -0.350 e. The first kappa shape index (κ1) is 30.0. The van der Waals surface area contributed by atoms with Crippen LogP contribution in [-0.2, 0) is 33.5 Å². The van der Waals surface area contributed by atoms with E-state index in [1.165, 1.54) is 5.57 Å². The minimum atomic E-state index is -3.40. The highest BCUT2D eigenvalue weighted by Crippen LogP contribution is 2.25. The van der Waals surface area contributed by atoms with Crippen molar-refractivity contribution in [2.24, 2.45) is 5.41 Å². The molecule has 2 aliphatic rings. The molecule has 2 unspecified atom stereocenters. The van der Waals surface area contributed by atoms with Crippen molar-refractivity contribution in [3.8, 4) is 11.8 Å². The fourth-order valence-corrected chi connectivity index (χ4v) is 4.56. The molecule has 1 N–H and O–H groups in total. The summed E-state index contributed by atoms with van der Waals surface area (Å²) in [5, 5.41) is 0. The van der Waals surface area contributed by atoms with Gasteiger partial charge in [-0.2, -0.15) is 8.42 Å². The van der Waals surface area contributed by atoms with Gasteiger partial charge in [0.1, 0.15) is 11.7 Å². The van der Waals surface area contributed by atoms with E-state index in [0.717, 1.165) is 56.2 Å². The number of benzene rings is 1. The van der Waals surface area contributed by atoms with Crippen LogP contribution >= 0.6 is 0 Å². The number of hydrogen-bond acceptors (Lipinski definition) is 8. The van der Waals surface area contributed by atoms with Gasteiger partial charge in [0.2, 0.25) is 0 Å². The van der Waals surface area contributed by atoms with E-state index in [1.54, 1.807) is 6.92 Å². The number of aldehydes is 1. The summed E-state index contributed by atoms with van der Waals surface area (Å²) >= 11 is 0. The Kier molecular flexibility index (Phi) is 11.5. The lowest BCUT2D eigenvalue weighted by Crippen LogP contribution is -2.44. The lowest BCUT2D eigenvalue weighted by Gasteiger charge is -2.30. The van der Waals surface area contributed by atoms with E-state index >= 15 is 0 Å². The van der Waals surface area contributed by atoms with E-state index in [9.17, 15) is 18.0 Å². The van der Waals surface area contributed by atoms with Crippen molar-refractivity contribution in [3.05, 3.63) is 41.5 Å². The Labute approximate surface area is 226 Å². The number of hydroxylamine groups is 1. The van der Waals surface area contributed by atoms with Crippen LogP contribution in [0.25, 0.3) is 5.57 Å². The molecule has 0 bridgehead atoms. The Bertz CT molecular complexity index is 1130. The quantitative estimate of drug-likeness (QED) is 0.106. The van der Waals surface area contributed by atoms with Crippen molar-refractivity contribution < 1.29 is 31.8 Å². The van der Waals surface area contributed by atoms with Crippen LogP contribution in [0.5, 0.6) is 0 Å². The summed E-state index contributed by atoms with van der Waals surface area (Å²) in [5.74, 6) is 5.69. The first-order valence-electron chi connectivity index (χ1n) is 13.1. The van der Waals surface area contributed by atoms with Gasteiger partial charge in [-0.3, -0.25) is 13.9 Å². The molecule has 1 saturated heterocycles. The van der Waals surface area contributed by atoms with Gasteiger partial charge >= 0.3 is 0 Å². The lowest BCUT2D eigenvalue weighted by atomic mass is 9.87. The molecule has 208 valence electrons. The van der Waals surface area contributed by atoms with Crippen molar-refractivity contribution in [2.45, 2.75) is 58.2 Å². The van der Waals surface area contributed by atoms with Crippen molar-refractivity contribution in [1.82, 2.24) is 10.4 Å². The Hall–Kier alpha value is -2.55. The predicted octanol–water partition coefficient (Wildman–Crippen LogP) is 3.05. The van der Waals surface area contributed by atoms with Crippen LogP contribution in [0, 0.1) is 17.3 Å². The van der Waals surface area contributed by atoms with E-state index in [-0.39, 0.29) is 6.61 Å². The van der Waals surface area contributed by atoms with Gasteiger partial charge in [-0.05, 0) is 68.8 Å². The molecule has 2 aliphatic heterocycles. The Morgan fingerprint density at radius 1 is 1.29 bits per heavy atom. The standard InChI is InChI=1S/C28H38N2O7S/c1-28(22-31,27(32)29-37-26-9-5-7-20-35-26)16-19-30-17-14-25(15-18-30)24-12-10-23(11-13-24)8-4-3-6-21-36-38(2,33)34/h10-14,22,26H,3,5-7,9,15-21H2,1-2H3,(H,29,32). The number of amides is 1. The largest absolute Gasteiger partial charge is 0.350 e. The molecule has 1 fully saturated rings. The second-order valence-corrected chi connectivity index (χ2v) is 11.6. The zero-order valence-electron chi connectivity index (χ0n) is 22.2. The number of ether oxygens (including phenoxy) is 1. The molecule has 0 radical (unpaired) electrons. The third-order valence-corrected chi connectivity index (χ3v) is 7.27. The molecule has 3 rings (SSSR count). The van der Waals surface area contributed by atoms with Crippen molar-refractivity contribution >= 4 is 27.9 Å². The van der Waals surface area contributed by atoms with Gasteiger partial charge in [0, 0.05) is 38.1 Å². The summed E-state index contributed by atoms with van der Waals surface area (Å²) in [6, 6.07) is 8.08. The van der Waals surface area contributed by atoms with Gasteiger partial charge in [0.05, 0.1) is 12.9 Å². The Morgan fingerprint density at radius 3 is 2.71 bits per heavy atom. The first-order valence-corrected chi connectivity index (χ1v) is 14.9. The number of unbranched alkanes of at least 4 members (excludes halogenated alkanes) is 1. The number of carbonyl (C=O) groups is 2. The normalized spacial score (nSPS) is 19.9. The smallest absolute Gasteiger partial charge is 0.264 e. The number of nitrogens with zero attached hydrogens (tertiary/aromatic N) is 1. The second-order valence-electron chi connectivity index (χ2n) is 9.92. The second kappa shape index (κ2) is 14.6. The molecule has 0 aliphatic carbocycles. The van der Waals surface area contributed by atoms with Crippen LogP contribution in [0.1, 0.15) is 63.0 Å². The maximum atomic E-state index is 12.6. The Morgan fingerprint density at radius 2 is 2.08 bits per heavy atom. The van der Waals surface area contributed by atoms with Gasteiger partial charge in [-0.15, -0.1) is 0 Å². The fourth-order valence-electron chi connectivity index (χ4n) is 4.14. The predicted molar refractivity (Wildman–Crippen MR) is 144 cm³/mol. The molecule has 0 spiro atoms. The lowest BCUT2D eigenvalue weighted by molar-refractivity contribution is -0.204. The Balaban J connectivity index is 1.42. The molecule has 1 aromatic carbocycles. The third kappa shape index (κ3) is 9.97. The van der Waals surface area contributed by atoms with Crippen LogP contribution in [0.15, 0.2) is 30.3 Å². The average Bonchev–Trinajstić information content (AvgIpc) is 2.93. The molecule has 10 heteroatoms. The van der Waals surface area contributed by atoms with Crippen LogP contribution in [0.4, 0.5) is 0 Å². The van der Waals surface area contributed by atoms with E-state index in [1.807, 2.05) is 12.1 Å². The number of rotatable bonds is 12. The number of hydrogen-bond donors (Lipinski definition) is 1. The molecule has 38 heavy (non-hydrogen) atoms. The van der Waals surface area contributed by atoms with E-state index < -0.39 is 27.7 Å². The summed E-state index contributed by atoms with van der Waals surface area (Å²) in [7, 11) is -3.40. The summed E-state index contributed by atoms with van der Waals surface area (Å²) < 4.78 is 32.0. The highest BCUT2D eigenvalue weighted by atomic mass is 32.2. The molecule has 2 atom stereocenters. The van der Waals surface area contributed by atoms with Crippen LogP contribution in [0.3, 0.4) is 0 Å². The third-order valence-electron chi connectivity index (χ3n) is 6.67. The molecule has 2 heterocycles. The minimum absolute atomic E-state index is 0.142. The maximum absolute atomic E-state index is 12.6. The molecule has 1 amide bonds. The summed E-state index contributed by atoms with van der Waals surface area (Å²) in [4.78, 5) is 32.0. The maximum Gasteiger partial charge on any atom is 0.264 e. The summed E-state index contributed by atoms with van der Waals surface area (Å²) in [6.07, 6.45) is 8.56. The SMILES string of the molecule is CC(C=O)(CCN1CC=C(c2ccc(C#CCCCOS(C)(=O)=O)cc2)CC1)C(=O)NOC1CCCCO1. The van der Waals surface area contributed by atoms with E-state index in [0.29, 0.717) is 38.7 Å².